The number of nitrogens with one attached hydrogen (secondary N) is 1. The van der Waals surface area contributed by atoms with Gasteiger partial charge in [0.25, 0.3) is 11.7 Å². The zero-order valence-electron chi connectivity index (χ0n) is 20.0. The molecule has 1 aromatic heterocycles. The summed E-state index contributed by atoms with van der Waals surface area (Å²) in [7, 11) is 4.08. The largest absolute Gasteiger partial charge is 0.507 e. The Morgan fingerprint density at radius 1 is 1.03 bits per heavy atom. The van der Waals surface area contributed by atoms with E-state index in [0.29, 0.717) is 30.0 Å². The standard InChI is InChI=1S/C28H29N3O4/c1-30(2)16-7-17-31-25(22-10-6-15-29-18-22)24(27(33)28(31)34)26(32)21-11-13-23(14-12-21)35-19-20-8-4-3-5-9-20/h3-6,8-15,18,25,32H,7,16-17,19H2,1-2H3/p+1/b26-24-/t25-/m1/s1. The molecule has 4 rings (SSSR count). The molecule has 0 bridgehead atoms. The third-order valence-corrected chi connectivity index (χ3v) is 5.99. The summed E-state index contributed by atoms with van der Waals surface area (Å²) in [6.45, 7) is 1.69. The zero-order valence-corrected chi connectivity index (χ0v) is 20.0. The number of aliphatic hydroxyl groups is 1. The van der Waals surface area contributed by atoms with Crippen LogP contribution in [0.25, 0.3) is 5.76 Å². The Kier molecular flexibility index (Phi) is 7.57. The lowest BCUT2D eigenvalue weighted by atomic mass is 9.96. The van der Waals surface area contributed by atoms with Gasteiger partial charge in [0.15, 0.2) is 0 Å². The van der Waals surface area contributed by atoms with E-state index in [1.165, 1.54) is 4.90 Å². The van der Waals surface area contributed by atoms with E-state index in [1.54, 1.807) is 47.6 Å². The third-order valence-electron chi connectivity index (χ3n) is 5.99. The minimum absolute atomic E-state index is 0.0816. The van der Waals surface area contributed by atoms with Gasteiger partial charge in [-0.05, 0) is 41.5 Å². The van der Waals surface area contributed by atoms with Crippen LogP contribution in [0.5, 0.6) is 5.75 Å². The van der Waals surface area contributed by atoms with Gasteiger partial charge < -0.3 is 19.6 Å². The molecule has 3 aromatic rings. The van der Waals surface area contributed by atoms with Gasteiger partial charge in [-0.2, -0.15) is 0 Å². The van der Waals surface area contributed by atoms with Crippen molar-refractivity contribution in [2.24, 2.45) is 0 Å². The molecule has 0 aliphatic carbocycles. The molecule has 1 aliphatic rings. The van der Waals surface area contributed by atoms with E-state index >= 15 is 0 Å². The fourth-order valence-corrected chi connectivity index (χ4v) is 4.20. The van der Waals surface area contributed by atoms with Gasteiger partial charge in [0.05, 0.1) is 32.3 Å². The Morgan fingerprint density at radius 3 is 2.43 bits per heavy atom. The van der Waals surface area contributed by atoms with Crippen LogP contribution in [0.1, 0.15) is 29.2 Å². The van der Waals surface area contributed by atoms with Crippen molar-refractivity contribution in [3.05, 3.63) is 101 Å². The molecule has 0 radical (unpaired) electrons. The molecular weight excluding hydrogens is 442 g/mol. The van der Waals surface area contributed by atoms with E-state index in [9.17, 15) is 14.7 Å². The average Bonchev–Trinajstić information content (AvgIpc) is 3.13. The van der Waals surface area contributed by atoms with E-state index in [0.717, 1.165) is 18.5 Å². The van der Waals surface area contributed by atoms with Gasteiger partial charge in [-0.15, -0.1) is 0 Å². The summed E-state index contributed by atoms with van der Waals surface area (Å²) < 4.78 is 5.82. The van der Waals surface area contributed by atoms with Crippen LogP contribution < -0.4 is 9.64 Å². The Balaban J connectivity index is 1.61. The first-order chi connectivity index (χ1) is 17.0. The van der Waals surface area contributed by atoms with Crippen LogP contribution in [0.15, 0.2) is 84.7 Å². The highest BCUT2D eigenvalue weighted by atomic mass is 16.5. The highest BCUT2D eigenvalue weighted by Gasteiger charge is 2.45. The number of hydrogen-bond donors (Lipinski definition) is 2. The van der Waals surface area contributed by atoms with Crippen LogP contribution in [0.3, 0.4) is 0 Å². The predicted molar refractivity (Wildman–Crippen MR) is 133 cm³/mol. The lowest BCUT2D eigenvalue weighted by Crippen LogP contribution is -3.05. The number of aliphatic hydroxyl groups excluding tert-OH is 1. The lowest BCUT2D eigenvalue weighted by Gasteiger charge is -2.25. The number of carbonyl (C=O) groups is 2. The highest BCUT2D eigenvalue weighted by Crippen LogP contribution is 2.39. The summed E-state index contributed by atoms with van der Waals surface area (Å²) in [6, 6.07) is 19.6. The van der Waals surface area contributed by atoms with E-state index in [4.69, 9.17) is 4.74 Å². The van der Waals surface area contributed by atoms with Gasteiger partial charge in [-0.25, -0.2) is 0 Å². The highest BCUT2D eigenvalue weighted by molar-refractivity contribution is 6.46. The predicted octanol–water partition coefficient (Wildman–Crippen LogP) is 2.62. The summed E-state index contributed by atoms with van der Waals surface area (Å²) in [5.41, 5.74) is 2.26. The second kappa shape index (κ2) is 11.0. The van der Waals surface area contributed by atoms with E-state index in [2.05, 4.69) is 4.98 Å². The Morgan fingerprint density at radius 2 is 1.77 bits per heavy atom. The first-order valence-corrected chi connectivity index (χ1v) is 11.7. The number of likely N-dealkylation sites (tertiary alicyclic amines) is 1. The summed E-state index contributed by atoms with van der Waals surface area (Å²) in [5, 5.41) is 11.2. The number of benzene rings is 2. The molecule has 0 unspecified atom stereocenters. The lowest BCUT2D eigenvalue weighted by molar-refractivity contribution is -0.858. The first-order valence-electron chi connectivity index (χ1n) is 11.7. The van der Waals surface area contributed by atoms with Crippen LogP contribution in [0.4, 0.5) is 0 Å². The first kappa shape index (κ1) is 24.2. The number of ketones is 1. The number of quaternary nitrogens is 1. The molecule has 2 N–H and O–H groups in total. The number of pyridine rings is 1. The van der Waals surface area contributed by atoms with Crippen molar-refractivity contribution in [3.8, 4) is 5.75 Å². The molecule has 1 aliphatic heterocycles. The van der Waals surface area contributed by atoms with Crippen LogP contribution in [-0.4, -0.2) is 53.9 Å². The minimum atomic E-state index is -0.685. The van der Waals surface area contributed by atoms with Gasteiger partial charge >= 0.3 is 0 Å². The average molecular weight is 473 g/mol. The number of ether oxygens (including phenoxy) is 1. The normalized spacial score (nSPS) is 17.2. The fourth-order valence-electron chi connectivity index (χ4n) is 4.20. The van der Waals surface area contributed by atoms with Gasteiger partial charge in [-0.3, -0.25) is 14.6 Å². The van der Waals surface area contributed by atoms with Crippen molar-refractivity contribution >= 4 is 17.4 Å². The molecule has 180 valence electrons. The smallest absolute Gasteiger partial charge is 0.295 e. The summed E-state index contributed by atoms with van der Waals surface area (Å²) in [5.74, 6) is -0.844. The minimum Gasteiger partial charge on any atom is -0.507 e. The fraction of sp³-hybridized carbons (Fsp3) is 0.250. The van der Waals surface area contributed by atoms with E-state index < -0.39 is 17.7 Å². The summed E-state index contributed by atoms with van der Waals surface area (Å²) in [6.07, 6.45) is 4.01. The molecule has 1 saturated heterocycles. The topological polar surface area (TPSA) is 84.2 Å². The number of Topliss-reactive ketones (excluding diaryl/α,β-unsaturated/α-hetero) is 1. The number of hydrogen-bond acceptors (Lipinski definition) is 5. The molecule has 0 saturated carbocycles. The third kappa shape index (κ3) is 5.58. The van der Waals surface area contributed by atoms with Gasteiger partial charge in [0.2, 0.25) is 0 Å². The van der Waals surface area contributed by atoms with Crippen LogP contribution in [0.2, 0.25) is 0 Å². The van der Waals surface area contributed by atoms with Crippen molar-refractivity contribution < 1.29 is 24.3 Å². The van der Waals surface area contributed by atoms with Crippen molar-refractivity contribution in [1.29, 1.82) is 0 Å². The summed E-state index contributed by atoms with van der Waals surface area (Å²) >= 11 is 0. The maximum absolute atomic E-state index is 13.1. The molecule has 2 aromatic carbocycles. The van der Waals surface area contributed by atoms with Crippen LogP contribution >= 0.6 is 0 Å². The second-order valence-electron chi connectivity index (χ2n) is 8.89. The molecular formula is C28H30N3O4+. The molecule has 1 amide bonds. The number of rotatable bonds is 9. The van der Waals surface area contributed by atoms with Crippen molar-refractivity contribution in [3.63, 3.8) is 0 Å². The molecule has 7 nitrogen and oxygen atoms in total. The van der Waals surface area contributed by atoms with E-state index in [-0.39, 0.29) is 11.3 Å². The maximum atomic E-state index is 13.1. The molecule has 2 heterocycles. The molecule has 1 atom stereocenters. The van der Waals surface area contributed by atoms with Gasteiger partial charge in [-0.1, -0.05) is 36.4 Å². The summed E-state index contributed by atoms with van der Waals surface area (Å²) in [4.78, 5) is 33.0. The number of nitrogens with zero attached hydrogens (tertiary/aromatic N) is 2. The Labute approximate surface area is 205 Å². The monoisotopic (exact) mass is 472 g/mol. The quantitative estimate of drug-likeness (QED) is 0.284. The van der Waals surface area contributed by atoms with Gasteiger partial charge in [0.1, 0.15) is 18.1 Å². The van der Waals surface area contributed by atoms with E-state index in [1.807, 2.05) is 50.5 Å². The second-order valence-corrected chi connectivity index (χ2v) is 8.89. The Hall–Kier alpha value is -3.97. The van der Waals surface area contributed by atoms with Crippen LogP contribution in [-0.2, 0) is 16.2 Å². The van der Waals surface area contributed by atoms with Crippen molar-refractivity contribution in [2.75, 3.05) is 27.2 Å². The van der Waals surface area contributed by atoms with Gasteiger partial charge in [0, 0.05) is 30.9 Å². The SMILES string of the molecule is C[NH+](C)CCCN1C(=O)C(=O)/C(=C(\O)c2ccc(OCc3ccccc3)cc2)[C@H]1c1cccnc1. The molecule has 7 heteroatoms. The zero-order chi connectivity index (χ0) is 24.8. The van der Waals surface area contributed by atoms with Crippen molar-refractivity contribution in [1.82, 2.24) is 9.88 Å². The molecule has 0 spiro atoms. The molecule has 35 heavy (non-hydrogen) atoms. The molecule has 1 fully saturated rings. The maximum Gasteiger partial charge on any atom is 0.295 e. The van der Waals surface area contributed by atoms with Crippen LogP contribution in [0, 0.1) is 0 Å². The number of amides is 1. The van der Waals surface area contributed by atoms with Crippen molar-refractivity contribution in [2.45, 2.75) is 19.1 Å². The Bertz CT molecular complexity index is 1190. The number of aromatic nitrogens is 1. The number of carbonyl (C=O) groups excluding carboxylic acids is 2.